The first-order chi connectivity index (χ1) is 11.4. The largest absolute Gasteiger partial charge is 0.481 e. The molecular formula is C22H44O2. The zero-order valence-electron chi connectivity index (χ0n) is 17.2. The Kier molecular flexibility index (Phi) is 14.5. The van der Waals surface area contributed by atoms with E-state index < -0.39 is 5.97 Å². The van der Waals surface area contributed by atoms with Gasteiger partial charge in [-0.15, -0.1) is 0 Å². The molecule has 144 valence electrons. The predicted molar refractivity (Wildman–Crippen MR) is 105 cm³/mol. The number of rotatable bonds is 16. The summed E-state index contributed by atoms with van der Waals surface area (Å²) in [6.45, 7) is 11.3. The Morgan fingerprint density at radius 3 is 2.00 bits per heavy atom. The van der Waals surface area contributed by atoms with Gasteiger partial charge in [0.2, 0.25) is 0 Å². The molecule has 2 nitrogen and oxygen atoms in total. The average molecular weight is 341 g/mol. The van der Waals surface area contributed by atoms with Crippen LogP contribution in [0.2, 0.25) is 0 Å². The molecule has 0 radical (unpaired) electrons. The summed E-state index contributed by atoms with van der Waals surface area (Å²) < 4.78 is 0. The molecule has 0 amide bonds. The Bertz CT molecular complexity index is 298. The SMILES string of the molecule is CCCCC(CCC)CC(CC(C)CCCCCC(C)C)C(=O)O. The minimum Gasteiger partial charge on any atom is -0.481 e. The van der Waals surface area contributed by atoms with Crippen LogP contribution in [-0.4, -0.2) is 11.1 Å². The van der Waals surface area contributed by atoms with Crippen molar-refractivity contribution < 1.29 is 9.90 Å². The highest BCUT2D eigenvalue weighted by atomic mass is 16.4. The normalized spacial score (nSPS) is 15.4. The van der Waals surface area contributed by atoms with E-state index in [9.17, 15) is 9.90 Å². The molecule has 0 rings (SSSR count). The number of hydrogen-bond donors (Lipinski definition) is 1. The lowest BCUT2D eigenvalue weighted by molar-refractivity contribution is -0.143. The zero-order chi connectivity index (χ0) is 18.4. The van der Waals surface area contributed by atoms with Gasteiger partial charge in [0.15, 0.2) is 0 Å². The summed E-state index contributed by atoms with van der Waals surface area (Å²) in [5.41, 5.74) is 0. The minimum absolute atomic E-state index is 0.135. The first-order valence-corrected chi connectivity index (χ1v) is 10.6. The molecule has 0 saturated carbocycles. The molecule has 0 aliphatic carbocycles. The number of hydrogen-bond acceptors (Lipinski definition) is 1. The number of carboxylic acids is 1. The van der Waals surface area contributed by atoms with E-state index in [-0.39, 0.29) is 5.92 Å². The highest BCUT2D eigenvalue weighted by molar-refractivity contribution is 5.69. The van der Waals surface area contributed by atoms with E-state index in [4.69, 9.17) is 0 Å². The maximum Gasteiger partial charge on any atom is 0.306 e. The summed E-state index contributed by atoms with van der Waals surface area (Å²) in [6.07, 6.45) is 14.2. The number of unbranched alkanes of at least 4 members (excludes halogenated alkanes) is 3. The highest BCUT2D eigenvalue weighted by Crippen LogP contribution is 2.29. The lowest BCUT2D eigenvalue weighted by atomic mass is 9.82. The summed E-state index contributed by atoms with van der Waals surface area (Å²) in [4.78, 5) is 11.7. The molecule has 0 bridgehead atoms. The first-order valence-electron chi connectivity index (χ1n) is 10.6. The fraction of sp³-hybridized carbons (Fsp3) is 0.955. The topological polar surface area (TPSA) is 37.3 Å². The van der Waals surface area contributed by atoms with Crippen LogP contribution in [0.15, 0.2) is 0 Å². The van der Waals surface area contributed by atoms with Crippen molar-refractivity contribution in [3.63, 3.8) is 0 Å². The third kappa shape index (κ3) is 12.8. The molecule has 0 saturated heterocycles. The molecule has 1 N–H and O–H groups in total. The Morgan fingerprint density at radius 2 is 1.46 bits per heavy atom. The van der Waals surface area contributed by atoms with E-state index >= 15 is 0 Å². The van der Waals surface area contributed by atoms with Gasteiger partial charge in [-0.25, -0.2) is 0 Å². The van der Waals surface area contributed by atoms with E-state index in [1.807, 2.05) is 0 Å². The fourth-order valence-corrected chi connectivity index (χ4v) is 3.81. The van der Waals surface area contributed by atoms with Crippen molar-refractivity contribution in [3.05, 3.63) is 0 Å². The van der Waals surface area contributed by atoms with Crippen molar-refractivity contribution in [2.24, 2.45) is 23.7 Å². The van der Waals surface area contributed by atoms with Gasteiger partial charge in [0.1, 0.15) is 0 Å². The van der Waals surface area contributed by atoms with Gasteiger partial charge in [-0.1, -0.05) is 98.8 Å². The molecule has 0 heterocycles. The minimum atomic E-state index is -0.570. The van der Waals surface area contributed by atoms with Gasteiger partial charge in [-0.2, -0.15) is 0 Å². The summed E-state index contributed by atoms with van der Waals surface area (Å²) >= 11 is 0. The molecule has 0 aliphatic rings. The van der Waals surface area contributed by atoms with Crippen LogP contribution in [-0.2, 0) is 4.79 Å². The van der Waals surface area contributed by atoms with E-state index in [0.29, 0.717) is 11.8 Å². The summed E-state index contributed by atoms with van der Waals surface area (Å²) in [5, 5.41) is 9.64. The molecule has 3 unspecified atom stereocenters. The molecule has 0 aromatic heterocycles. The van der Waals surface area contributed by atoms with E-state index in [2.05, 4.69) is 34.6 Å². The van der Waals surface area contributed by atoms with Crippen LogP contribution in [0.1, 0.15) is 112 Å². The van der Waals surface area contributed by atoms with Gasteiger partial charge in [0, 0.05) is 0 Å². The Balaban J connectivity index is 4.21. The maximum atomic E-state index is 11.7. The summed E-state index contributed by atoms with van der Waals surface area (Å²) in [6, 6.07) is 0. The number of carbonyl (C=O) groups is 1. The monoisotopic (exact) mass is 340 g/mol. The zero-order valence-corrected chi connectivity index (χ0v) is 17.2. The van der Waals surface area contributed by atoms with Gasteiger partial charge in [0.25, 0.3) is 0 Å². The second kappa shape index (κ2) is 14.8. The van der Waals surface area contributed by atoms with Gasteiger partial charge in [-0.3, -0.25) is 4.79 Å². The summed E-state index contributed by atoms with van der Waals surface area (Å²) in [5.74, 6) is 1.24. The van der Waals surface area contributed by atoms with Gasteiger partial charge in [0.05, 0.1) is 5.92 Å². The third-order valence-corrected chi connectivity index (χ3v) is 5.30. The second-order valence-electron chi connectivity index (χ2n) is 8.44. The van der Waals surface area contributed by atoms with Crippen LogP contribution < -0.4 is 0 Å². The van der Waals surface area contributed by atoms with Gasteiger partial charge >= 0.3 is 5.97 Å². The van der Waals surface area contributed by atoms with Gasteiger partial charge < -0.3 is 5.11 Å². The average Bonchev–Trinajstić information content (AvgIpc) is 2.51. The number of aliphatic carboxylic acids is 1. The molecule has 0 aromatic carbocycles. The molecule has 0 fully saturated rings. The van der Waals surface area contributed by atoms with Crippen LogP contribution in [0.25, 0.3) is 0 Å². The summed E-state index contributed by atoms with van der Waals surface area (Å²) in [7, 11) is 0. The lowest BCUT2D eigenvalue weighted by Crippen LogP contribution is -2.20. The smallest absolute Gasteiger partial charge is 0.306 e. The number of carboxylic acid groups (broad SMARTS) is 1. The van der Waals surface area contributed by atoms with Gasteiger partial charge in [-0.05, 0) is 30.6 Å². The Hall–Kier alpha value is -0.530. The molecular weight excluding hydrogens is 296 g/mol. The second-order valence-corrected chi connectivity index (χ2v) is 8.44. The lowest BCUT2D eigenvalue weighted by Gasteiger charge is -2.23. The maximum absolute atomic E-state index is 11.7. The van der Waals surface area contributed by atoms with Crippen LogP contribution >= 0.6 is 0 Å². The van der Waals surface area contributed by atoms with E-state index in [1.54, 1.807) is 0 Å². The van der Waals surface area contributed by atoms with Crippen molar-refractivity contribution in [2.45, 2.75) is 112 Å². The Labute approximate surface area is 151 Å². The van der Waals surface area contributed by atoms with Crippen LogP contribution in [0.5, 0.6) is 0 Å². The third-order valence-electron chi connectivity index (χ3n) is 5.30. The van der Waals surface area contributed by atoms with Crippen LogP contribution in [0, 0.1) is 23.7 Å². The Morgan fingerprint density at radius 1 is 0.792 bits per heavy atom. The van der Waals surface area contributed by atoms with Crippen molar-refractivity contribution >= 4 is 5.97 Å². The standard InChI is InChI=1S/C22H44O2/c1-6-8-15-20(12-7-2)17-21(22(23)24)16-19(5)14-11-9-10-13-18(3)4/h18-21H,6-17H2,1-5H3,(H,23,24). The van der Waals surface area contributed by atoms with Crippen molar-refractivity contribution in [3.8, 4) is 0 Å². The van der Waals surface area contributed by atoms with Crippen LogP contribution in [0.4, 0.5) is 0 Å². The molecule has 3 atom stereocenters. The van der Waals surface area contributed by atoms with E-state index in [0.717, 1.165) is 18.8 Å². The molecule has 0 aromatic rings. The molecule has 24 heavy (non-hydrogen) atoms. The van der Waals surface area contributed by atoms with Crippen molar-refractivity contribution in [1.29, 1.82) is 0 Å². The first kappa shape index (κ1) is 23.5. The fourth-order valence-electron chi connectivity index (χ4n) is 3.81. The van der Waals surface area contributed by atoms with Crippen LogP contribution in [0.3, 0.4) is 0 Å². The predicted octanol–water partition coefficient (Wildman–Crippen LogP) is 7.32. The van der Waals surface area contributed by atoms with Crippen molar-refractivity contribution in [1.82, 2.24) is 0 Å². The molecule has 2 heteroatoms. The van der Waals surface area contributed by atoms with E-state index in [1.165, 1.54) is 64.2 Å². The molecule has 0 spiro atoms. The highest BCUT2D eigenvalue weighted by Gasteiger charge is 2.24. The molecule has 0 aliphatic heterocycles. The van der Waals surface area contributed by atoms with Crippen molar-refractivity contribution in [2.75, 3.05) is 0 Å². The quantitative estimate of drug-likeness (QED) is 0.299.